The zero-order valence-corrected chi connectivity index (χ0v) is 14.2. The van der Waals surface area contributed by atoms with Gasteiger partial charge in [0.15, 0.2) is 11.5 Å². The number of carbonyl (C=O) groups excluding carboxylic acids is 1. The molecule has 1 fully saturated rings. The number of primary amides is 1. The third-order valence-electron chi connectivity index (χ3n) is 4.33. The quantitative estimate of drug-likeness (QED) is 0.650. The van der Waals surface area contributed by atoms with Crippen LogP contribution >= 0.6 is 0 Å². The number of nitrogens with zero attached hydrogens (tertiary/aromatic N) is 3. The standard InChI is InChI=1S/C17H23N7O/c1-10-5-4-6-11(9-10)20-16-14(15(19)25)23-24-17(22-16)21-13-8-3-2-7-12(13)18/h4-6,9,12-13H,2-3,7-8,18H2,1H3,(H2,19,25)(H2,20,21,22,24)/t12-,13+/m0/s1. The Balaban J connectivity index is 1.85. The molecule has 1 heterocycles. The van der Waals surface area contributed by atoms with Gasteiger partial charge in [0.2, 0.25) is 5.95 Å². The van der Waals surface area contributed by atoms with Crippen molar-refractivity contribution in [1.29, 1.82) is 0 Å². The average molecular weight is 341 g/mol. The van der Waals surface area contributed by atoms with Crippen molar-refractivity contribution >= 4 is 23.4 Å². The predicted octanol–water partition coefficient (Wildman–Crippen LogP) is 1.70. The van der Waals surface area contributed by atoms with Crippen LogP contribution in [0.15, 0.2) is 24.3 Å². The molecule has 6 N–H and O–H groups in total. The zero-order chi connectivity index (χ0) is 17.8. The summed E-state index contributed by atoms with van der Waals surface area (Å²) in [6, 6.07) is 7.87. The number of nitrogens with one attached hydrogen (secondary N) is 2. The third kappa shape index (κ3) is 4.21. The van der Waals surface area contributed by atoms with Crippen molar-refractivity contribution in [3.63, 3.8) is 0 Å². The maximum Gasteiger partial charge on any atom is 0.273 e. The van der Waals surface area contributed by atoms with Crippen molar-refractivity contribution in [2.75, 3.05) is 10.6 Å². The molecular formula is C17H23N7O. The molecule has 25 heavy (non-hydrogen) atoms. The molecule has 0 unspecified atom stereocenters. The number of carbonyl (C=O) groups is 1. The van der Waals surface area contributed by atoms with Crippen LogP contribution in [0.2, 0.25) is 0 Å². The summed E-state index contributed by atoms with van der Waals surface area (Å²) in [5.41, 5.74) is 13.4. The van der Waals surface area contributed by atoms with Crippen molar-refractivity contribution in [3.05, 3.63) is 35.5 Å². The summed E-state index contributed by atoms with van der Waals surface area (Å²) in [5.74, 6) is -0.0708. The highest BCUT2D eigenvalue weighted by molar-refractivity contribution is 5.96. The van der Waals surface area contributed by atoms with Gasteiger partial charge < -0.3 is 22.1 Å². The fraction of sp³-hybridized carbons (Fsp3) is 0.412. The van der Waals surface area contributed by atoms with Gasteiger partial charge >= 0.3 is 0 Å². The molecule has 2 atom stereocenters. The second-order valence-electron chi connectivity index (χ2n) is 6.39. The summed E-state index contributed by atoms with van der Waals surface area (Å²) in [7, 11) is 0. The summed E-state index contributed by atoms with van der Waals surface area (Å²) in [4.78, 5) is 16.0. The molecule has 1 aromatic carbocycles. The highest BCUT2D eigenvalue weighted by atomic mass is 16.1. The first kappa shape index (κ1) is 17.1. The number of hydrogen-bond donors (Lipinski definition) is 4. The van der Waals surface area contributed by atoms with E-state index in [4.69, 9.17) is 11.5 Å². The van der Waals surface area contributed by atoms with Crippen LogP contribution in [0.1, 0.15) is 41.7 Å². The Labute approximate surface area is 146 Å². The van der Waals surface area contributed by atoms with E-state index in [-0.39, 0.29) is 23.6 Å². The number of amides is 1. The van der Waals surface area contributed by atoms with E-state index in [1.807, 2.05) is 31.2 Å². The Morgan fingerprint density at radius 1 is 1.24 bits per heavy atom. The molecule has 1 aliphatic rings. The molecule has 1 aromatic heterocycles. The molecule has 2 aromatic rings. The van der Waals surface area contributed by atoms with E-state index in [0.29, 0.717) is 5.95 Å². The fourth-order valence-electron chi connectivity index (χ4n) is 3.00. The molecule has 0 aliphatic heterocycles. The van der Waals surface area contributed by atoms with E-state index < -0.39 is 5.91 Å². The smallest absolute Gasteiger partial charge is 0.273 e. The van der Waals surface area contributed by atoms with E-state index >= 15 is 0 Å². The van der Waals surface area contributed by atoms with Gasteiger partial charge in [-0.3, -0.25) is 4.79 Å². The molecule has 1 aliphatic carbocycles. The summed E-state index contributed by atoms with van der Waals surface area (Å²) in [6.07, 6.45) is 4.19. The van der Waals surface area contributed by atoms with E-state index in [1.54, 1.807) is 0 Å². The predicted molar refractivity (Wildman–Crippen MR) is 96.7 cm³/mol. The Bertz CT molecular complexity index is 764. The summed E-state index contributed by atoms with van der Waals surface area (Å²) in [6.45, 7) is 1.98. The van der Waals surface area contributed by atoms with Crippen molar-refractivity contribution in [3.8, 4) is 0 Å². The van der Waals surface area contributed by atoms with E-state index in [0.717, 1.165) is 36.9 Å². The second kappa shape index (κ2) is 7.43. The minimum absolute atomic E-state index is 0.00000115. The Kier molecular flexibility index (Phi) is 5.08. The minimum Gasteiger partial charge on any atom is -0.364 e. The average Bonchev–Trinajstić information content (AvgIpc) is 2.57. The van der Waals surface area contributed by atoms with Crippen molar-refractivity contribution < 1.29 is 4.79 Å². The van der Waals surface area contributed by atoms with Gasteiger partial charge in [-0.2, -0.15) is 4.98 Å². The van der Waals surface area contributed by atoms with Crippen LogP contribution < -0.4 is 22.1 Å². The van der Waals surface area contributed by atoms with Gasteiger partial charge in [0, 0.05) is 17.8 Å². The maximum absolute atomic E-state index is 11.6. The van der Waals surface area contributed by atoms with Crippen LogP contribution in [0, 0.1) is 6.92 Å². The molecule has 0 spiro atoms. The van der Waals surface area contributed by atoms with Gasteiger partial charge in [-0.15, -0.1) is 10.2 Å². The van der Waals surface area contributed by atoms with Crippen molar-refractivity contribution in [1.82, 2.24) is 15.2 Å². The summed E-state index contributed by atoms with van der Waals surface area (Å²) >= 11 is 0. The number of anilines is 3. The number of aromatic nitrogens is 3. The maximum atomic E-state index is 11.6. The van der Waals surface area contributed by atoms with Gasteiger partial charge in [-0.05, 0) is 37.5 Å². The molecule has 8 nitrogen and oxygen atoms in total. The third-order valence-corrected chi connectivity index (χ3v) is 4.33. The Hall–Kier alpha value is -2.74. The topological polar surface area (TPSA) is 132 Å². The number of hydrogen-bond acceptors (Lipinski definition) is 7. The SMILES string of the molecule is Cc1cccc(Nc2nc(N[C@@H]3CCCC[C@@H]3N)nnc2C(N)=O)c1. The van der Waals surface area contributed by atoms with Crippen LogP contribution in [0.5, 0.6) is 0 Å². The Morgan fingerprint density at radius 3 is 2.76 bits per heavy atom. The van der Waals surface area contributed by atoms with Crippen LogP contribution in [-0.4, -0.2) is 33.2 Å². The first-order valence-corrected chi connectivity index (χ1v) is 8.43. The molecule has 3 rings (SSSR count). The number of aryl methyl sites for hydroxylation is 1. The zero-order valence-electron chi connectivity index (χ0n) is 14.2. The molecule has 8 heteroatoms. The number of rotatable bonds is 5. The molecule has 132 valence electrons. The normalized spacial score (nSPS) is 20.1. The van der Waals surface area contributed by atoms with Crippen LogP contribution in [-0.2, 0) is 0 Å². The number of nitrogens with two attached hydrogens (primary N) is 2. The first-order valence-electron chi connectivity index (χ1n) is 8.43. The van der Waals surface area contributed by atoms with E-state index in [1.165, 1.54) is 0 Å². The lowest BCUT2D eigenvalue weighted by atomic mass is 9.91. The van der Waals surface area contributed by atoms with E-state index in [9.17, 15) is 4.79 Å². The van der Waals surface area contributed by atoms with E-state index in [2.05, 4.69) is 25.8 Å². The molecule has 0 bridgehead atoms. The largest absolute Gasteiger partial charge is 0.364 e. The van der Waals surface area contributed by atoms with Crippen LogP contribution in [0.25, 0.3) is 0 Å². The fourth-order valence-corrected chi connectivity index (χ4v) is 3.00. The molecular weight excluding hydrogens is 318 g/mol. The summed E-state index contributed by atoms with van der Waals surface area (Å²) in [5, 5.41) is 14.2. The van der Waals surface area contributed by atoms with Crippen molar-refractivity contribution in [2.24, 2.45) is 11.5 Å². The first-order chi connectivity index (χ1) is 12.0. The molecule has 1 saturated carbocycles. The van der Waals surface area contributed by atoms with Crippen LogP contribution in [0.4, 0.5) is 17.5 Å². The van der Waals surface area contributed by atoms with Crippen LogP contribution in [0.3, 0.4) is 0 Å². The van der Waals surface area contributed by atoms with Gasteiger partial charge in [0.25, 0.3) is 5.91 Å². The van der Waals surface area contributed by atoms with Gasteiger partial charge in [-0.1, -0.05) is 25.0 Å². The molecule has 1 amide bonds. The highest BCUT2D eigenvalue weighted by Gasteiger charge is 2.23. The highest BCUT2D eigenvalue weighted by Crippen LogP contribution is 2.22. The molecule has 0 saturated heterocycles. The van der Waals surface area contributed by atoms with Gasteiger partial charge in [0.1, 0.15) is 0 Å². The monoisotopic (exact) mass is 341 g/mol. The number of benzene rings is 1. The Morgan fingerprint density at radius 2 is 2.04 bits per heavy atom. The summed E-state index contributed by atoms with van der Waals surface area (Å²) < 4.78 is 0. The van der Waals surface area contributed by atoms with Gasteiger partial charge in [0.05, 0.1) is 0 Å². The molecule has 0 radical (unpaired) electrons. The van der Waals surface area contributed by atoms with Crippen molar-refractivity contribution in [2.45, 2.75) is 44.7 Å². The van der Waals surface area contributed by atoms with Gasteiger partial charge in [-0.25, -0.2) is 0 Å². The lowest BCUT2D eigenvalue weighted by molar-refractivity contribution is 0.0995. The lowest BCUT2D eigenvalue weighted by Gasteiger charge is -2.29. The second-order valence-corrected chi connectivity index (χ2v) is 6.39. The minimum atomic E-state index is -0.684. The lowest BCUT2D eigenvalue weighted by Crippen LogP contribution is -2.43.